The first kappa shape index (κ1) is 26.3. The second-order valence-electron chi connectivity index (χ2n) is 11.2. The van der Waals surface area contributed by atoms with Gasteiger partial charge in [-0.3, -0.25) is 0 Å². The van der Waals surface area contributed by atoms with E-state index in [1.165, 1.54) is 100 Å². The van der Waals surface area contributed by atoms with E-state index in [2.05, 4.69) is 65.6 Å². The Kier molecular flexibility index (Phi) is 10.6. The minimum absolute atomic E-state index is 0.400. The first-order chi connectivity index (χ1) is 17.3. The maximum absolute atomic E-state index is 4.78. The number of rotatable bonds is 11. The van der Waals surface area contributed by atoms with Gasteiger partial charge in [0.25, 0.3) is 0 Å². The number of hydrogen-bond donors (Lipinski definition) is 0. The predicted octanol–water partition coefficient (Wildman–Crippen LogP) is 10.5. The van der Waals surface area contributed by atoms with E-state index >= 15 is 0 Å². The molecule has 35 heavy (non-hydrogen) atoms. The Morgan fingerprint density at radius 2 is 1.14 bits per heavy atom. The fourth-order valence-electron chi connectivity index (χ4n) is 6.51. The lowest BCUT2D eigenvalue weighted by molar-refractivity contribution is 0.302. The van der Waals surface area contributed by atoms with Crippen molar-refractivity contribution in [1.82, 2.24) is 0 Å². The Bertz CT molecular complexity index is 909. The van der Waals surface area contributed by atoms with E-state index in [1.807, 2.05) is 0 Å². The SMILES string of the molecule is CCCCCCCCC1CCC(c2ccc(-c3ccc(C4CCC(N=C=S)CC4)cc3)cc2)CC1. The van der Waals surface area contributed by atoms with Gasteiger partial charge in [-0.25, -0.2) is 4.99 Å². The third-order valence-corrected chi connectivity index (χ3v) is 8.95. The van der Waals surface area contributed by atoms with Crippen LogP contribution in [0, 0.1) is 5.92 Å². The summed E-state index contributed by atoms with van der Waals surface area (Å²) in [5, 5.41) is 2.57. The fourth-order valence-corrected chi connectivity index (χ4v) is 6.66. The lowest BCUT2D eigenvalue weighted by atomic mass is 9.77. The van der Waals surface area contributed by atoms with Crippen LogP contribution in [-0.4, -0.2) is 11.2 Å². The number of unbranched alkanes of at least 4 members (excludes halogenated alkanes) is 5. The monoisotopic (exact) mass is 487 g/mol. The van der Waals surface area contributed by atoms with Gasteiger partial charge >= 0.3 is 0 Å². The molecule has 0 atom stereocenters. The zero-order valence-electron chi connectivity index (χ0n) is 21.9. The molecule has 0 heterocycles. The normalized spacial score (nSPS) is 24.6. The van der Waals surface area contributed by atoms with Crippen LogP contribution in [-0.2, 0) is 0 Å². The predicted molar refractivity (Wildman–Crippen MR) is 155 cm³/mol. The molecule has 0 unspecified atom stereocenters. The van der Waals surface area contributed by atoms with Gasteiger partial charge in [0.1, 0.15) is 0 Å². The third-order valence-electron chi connectivity index (χ3n) is 8.84. The van der Waals surface area contributed by atoms with Crippen LogP contribution in [0.25, 0.3) is 11.1 Å². The molecule has 2 aromatic rings. The number of hydrogen-bond acceptors (Lipinski definition) is 2. The second kappa shape index (κ2) is 14.1. The lowest BCUT2D eigenvalue weighted by Gasteiger charge is -2.29. The largest absolute Gasteiger partial charge is 0.229 e. The van der Waals surface area contributed by atoms with Gasteiger partial charge in [0.05, 0.1) is 11.2 Å². The highest BCUT2D eigenvalue weighted by molar-refractivity contribution is 7.78. The van der Waals surface area contributed by atoms with E-state index < -0.39 is 0 Å². The van der Waals surface area contributed by atoms with Crippen molar-refractivity contribution in [2.24, 2.45) is 10.9 Å². The van der Waals surface area contributed by atoms with Gasteiger partial charge in [-0.2, -0.15) is 0 Å². The summed E-state index contributed by atoms with van der Waals surface area (Å²) in [7, 11) is 0. The van der Waals surface area contributed by atoms with Gasteiger partial charge in [-0.1, -0.05) is 100 Å². The van der Waals surface area contributed by atoms with E-state index in [-0.39, 0.29) is 0 Å². The molecule has 0 spiro atoms. The summed E-state index contributed by atoms with van der Waals surface area (Å²) in [5.74, 6) is 2.42. The van der Waals surface area contributed by atoms with Crippen LogP contribution in [0.1, 0.15) is 126 Å². The van der Waals surface area contributed by atoms with Crippen LogP contribution in [0.15, 0.2) is 53.5 Å². The molecule has 0 aromatic heterocycles. The Morgan fingerprint density at radius 3 is 1.66 bits per heavy atom. The highest BCUT2D eigenvalue weighted by Gasteiger charge is 2.23. The first-order valence-corrected chi connectivity index (χ1v) is 14.9. The van der Waals surface area contributed by atoms with Crippen molar-refractivity contribution in [3.8, 4) is 11.1 Å². The molecule has 0 radical (unpaired) electrons. The van der Waals surface area contributed by atoms with E-state index in [4.69, 9.17) is 12.2 Å². The summed E-state index contributed by atoms with van der Waals surface area (Å²) in [5.41, 5.74) is 5.71. The van der Waals surface area contributed by atoms with Crippen molar-refractivity contribution >= 4 is 17.4 Å². The Morgan fingerprint density at radius 1 is 0.657 bits per heavy atom. The third kappa shape index (κ3) is 7.86. The van der Waals surface area contributed by atoms with Crippen molar-refractivity contribution in [2.45, 2.75) is 121 Å². The van der Waals surface area contributed by atoms with E-state index in [0.29, 0.717) is 12.0 Å². The minimum Gasteiger partial charge on any atom is -0.229 e. The van der Waals surface area contributed by atoms with Gasteiger partial charge in [-0.05, 0) is 104 Å². The molecule has 188 valence electrons. The number of thiocarbonyl (C=S) groups is 1. The number of aliphatic imine (C=N–C) groups is 1. The first-order valence-electron chi connectivity index (χ1n) is 14.5. The molecule has 2 heteroatoms. The molecule has 1 nitrogen and oxygen atoms in total. The number of benzene rings is 2. The molecular weight excluding hydrogens is 442 g/mol. The summed E-state index contributed by atoms with van der Waals surface area (Å²) in [6, 6.07) is 19.2. The maximum atomic E-state index is 4.78. The smallest absolute Gasteiger partial charge is 0.0603 e. The molecule has 2 saturated carbocycles. The zero-order chi connectivity index (χ0) is 24.3. The van der Waals surface area contributed by atoms with Crippen LogP contribution >= 0.6 is 12.2 Å². The van der Waals surface area contributed by atoms with Crippen LogP contribution in [0.5, 0.6) is 0 Å². The summed E-state index contributed by atoms with van der Waals surface area (Å²) >= 11 is 4.78. The van der Waals surface area contributed by atoms with Crippen LogP contribution in [0.4, 0.5) is 0 Å². The highest BCUT2D eigenvalue weighted by Crippen LogP contribution is 2.39. The molecule has 0 bridgehead atoms. The van der Waals surface area contributed by atoms with Crippen LogP contribution in [0.2, 0.25) is 0 Å². The number of nitrogens with zero attached hydrogens (tertiary/aromatic N) is 1. The van der Waals surface area contributed by atoms with Crippen molar-refractivity contribution in [3.63, 3.8) is 0 Å². The molecule has 0 amide bonds. The topological polar surface area (TPSA) is 12.4 Å². The lowest BCUT2D eigenvalue weighted by Crippen LogP contribution is -2.15. The molecular formula is C33H45NS. The quantitative estimate of drug-likeness (QED) is 0.174. The Balaban J connectivity index is 1.22. The summed E-state index contributed by atoms with van der Waals surface area (Å²) < 4.78 is 0. The summed E-state index contributed by atoms with van der Waals surface area (Å²) in [6.45, 7) is 2.30. The van der Waals surface area contributed by atoms with Gasteiger partial charge in [0.2, 0.25) is 0 Å². The van der Waals surface area contributed by atoms with Crippen molar-refractivity contribution < 1.29 is 0 Å². The maximum Gasteiger partial charge on any atom is 0.0603 e. The van der Waals surface area contributed by atoms with Crippen molar-refractivity contribution in [2.75, 3.05) is 0 Å². The van der Waals surface area contributed by atoms with E-state index in [9.17, 15) is 0 Å². The van der Waals surface area contributed by atoms with Crippen molar-refractivity contribution in [1.29, 1.82) is 0 Å². The Labute approximate surface area is 219 Å². The van der Waals surface area contributed by atoms with E-state index in [1.54, 1.807) is 5.56 Å². The minimum atomic E-state index is 0.400. The van der Waals surface area contributed by atoms with Gasteiger partial charge in [0.15, 0.2) is 0 Å². The molecule has 0 saturated heterocycles. The second-order valence-corrected chi connectivity index (χ2v) is 11.4. The molecule has 2 aliphatic carbocycles. The molecule has 0 aliphatic heterocycles. The Hall–Kier alpha value is -1.76. The van der Waals surface area contributed by atoms with Gasteiger partial charge in [-0.15, -0.1) is 0 Å². The van der Waals surface area contributed by atoms with E-state index in [0.717, 1.165) is 24.7 Å². The standard InChI is InChI=1S/C33H45NS/c1-2-3-4-5-6-7-8-26-9-11-27(12-10-26)28-13-15-29(16-14-28)30-17-19-31(20-18-30)32-21-23-33(24-22-32)34-25-35/h13-20,26-27,32-33H,2-12,21-24H2,1H3. The average Bonchev–Trinajstić information content (AvgIpc) is 2.92. The highest BCUT2D eigenvalue weighted by atomic mass is 32.1. The number of isothiocyanates is 1. The van der Waals surface area contributed by atoms with Gasteiger partial charge in [0, 0.05) is 0 Å². The molecule has 2 fully saturated rings. The zero-order valence-corrected chi connectivity index (χ0v) is 22.7. The molecule has 2 aliphatic rings. The van der Waals surface area contributed by atoms with Gasteiger partial charge < -0.3 is 0 Å². The van der Waals surface area contributed by atoms with Crippen LogP contribution < -0.4 is 0 Å². The molecule has 4 rings (SSSR count). The van der Waals surface area contributed by atoms with Crippen molar-refractivity contribution in [3.05, 3.63) is 59.7 Å². The summed E-state index contributed by atoms with van der Waals surface area (Å²) in [6.07, 6.45) is 20.4. The average molecular weight is 488 g/mol. The fraction of sp³-hybridized carbons (Fsp3) is 0.606. The summed E-state index contributed by atoms with van der Waals surface area (Å²) in [4.78, 5) is 4.30. The van der Waals surface area contributed by atoms with Crippen LogP contribution in [0.3, 0.4) is 0 Å². The molecule has 2 aromatic carbocycles. The molecule has 0 N–H and O–H groups in total.